The van der Waals surface area contributed by atoms with Crippen molar-refractivity contribution in [2.75, 3.05) is 5.32 Å². The van der Waals surface area contributed by atoms with Crippen molar-refractivity contribution in [3.63, 3.8) is 0 Å². The average molecular weight is 512 g/mol. The summed E-state index contributed by atoms with van der Waals surface area (Å²) in [5, 5.41) is 1.90. The monoisotopic (exact) mass is 512 g/mol. The van der Waals surface area contributed by atoms with Crippen LogP contribution in [0.15, 0.2) is 33.4 Å². The number of hydrogen-bond acceptors (Lipinski definition) is 8. The number of hydrogen-bond donors (Lipinski definition) is 2. The van der Waals surface area contributed by atoms with E-state index >= 15 is 0 Å². The Morgan fingerprint density at radius 1 is 1.12 bits per heavy atom. The lowest BCUT2D eigenvalue weighted by Gasteiger charge is -2.22. The molecule has 0 spiro atoms. The fourth-order valence-electron chi connectivity index (χ4n) is 2.44. The highest BCUT2D eigenvalue weighted by molar-refractivity contribution is 7.93. The van der Waals surface area contributed by atoms with Gasteiger partial charge in [-0.05, 0) is 32.0 Å². The Morgan fingerprint density at radius 3 is 2.21 bits per heavy atom. The number of sulfone groups is 1. The Morgan fingerprint density at radius 2 is 1.73 bits per heavy atom. The Kier molecular flexibility index (Phi) is 7.09. The molecule has 2 amide bonds. The Balaban J connectivity index is 2.46. The molecule has 0 fully saturated rings. The minimum absolute atomic E-state index is 0.229. The van der Waals surface area contributed by atoms with E-state index in [2.05, 4.69) is 10.1 Å². The van der Waals surface area contributed by atoms with E-state index in [1.807, 2.05) is 0 Å². The molecule has 0 bridgehead atoms. The van der Waals surface area contributed by atoms with Gasteiger partial charge in [0, 0.05) is 13.0 Å². The van der Waals surface area contributed by atoms with Crippen molar-refractivity contribution in [2.45, 2.75) is 41.8 Å². The van der Waals surface area contributed by atoms with Gasteiger partial charge in [0.15, 0.2) is 5.60 Å². The number of anilines is 1. The second-order valence-electron chi connectivity index (χ2n) is 6.87. The molecule has 1 heterocycles. The standard InChI is InChI=1S/C18H16F4N2O7S2/c1-8(25)30-17(2,3)16(27)24-15-10(14(23)26)7-13(32-15)33(28,29)12-5-4-9(6-11(12)19)31-18(20,21)22/h4-7H,1-3H3,(H2,23,26)(H,24,27). The zero-order chi connectivity index (χ0) is 25.4. The molecule has 180 valence electrons. The van der Waals surface area contributed by atoms with Crippen molar-refractivity contribution >= 4 is 44.0 Å². The summed E-state index contributed by atoms with van der Waals surface area (Å²) in [6, 6.07) is 2.15. The number of halogens is 4. The maximum absolute atomic E-state index is 14.3. The number of nitrogens with two attached hydrogens (primary N) is 1. The number of amides is 2. The Labute approximate surface area is 188 Å². The Bertz CT molecular complexity index is 1220. The van der Waals surface area contributed by atoms with E-state index in [4.69, 9.17) is 10.5 Å². The molecule has 0 aliphatic carbocycles. The topological polar surface area (TPSA) is 142 Å². The molecule has 0 aliphatic rings. The third-order valence-electron chi connectivity index (χ3n) is 3.84. The van der Waals surface area contributed by atoms with Gasteiger partial charge in [-0.2, -0.15) is 0 Å². The van der Waals surface area contributed by atoms with E-state index in [0.717, 1.165) is 13.0 Å². The first-order valence-electron chi connectivity index (χ1n) is 8.69. The molecule has 0 radical (unpaired) electrons. The van der Waals surface area contributed by atoms with E-state index < -0.39 is 65.8 Å². The van der Waals surface area contributed by atoms with E-state index in [9.17, 15) is 40.4 Å². The molecular weight excluding hydrogens is 496 g/mol. The lowest BCUT2D eigenvalue weighted by atomic mass is 10.1. The summed E-state index contributed by atoms with van der Waals surface area (Å²) in [6.45, 7) is 3.52. The van der Waals surface area contributed by atoms with Gasteiger partial charge in [-0.1, -0.05) is 0 Å². The summed E-state index contributed by atoms with van der Waals surface area (Å²) in [7, 11) is -4.69. The second kappa shape index (κ2) is 8.97. The predicted octanol–water partition coefficient (Wildman–Crippen LogP) is 3.00. The van der Waals surface area contributed by atoms with Crippen LogP contribution in [0.2, 0.25) is 0 Å². The molecule has 0 saturated heterocycles. The number of carbonyl (C=O) groups is 3. The second-order valence-corrected chi connectivity index (χ2v) is 10.1. The Hall–Kier alpha value is -3.20. The molecule has 15 heteroatoms. The van der Waals surface area contributed by atoms with Crippen LogP contribution in [0.25, 0.3) is 0 Å². The van der Waals surface area contributed by atoms with Crippen molar-refractivity contribution < 1.29 is 49.8 Å². The summed E-state index contributed by atoms with van der Waals surface area (Å²) < 4.78 is 84.6. The minimum Gasteiger partial charge on any atom is -0.450 e. The molecule has 0 unspecified atom stereocenters. The van der Waals surface area contributed by atoms with Gasteiger partial charge in [0.05, 0.1) is 5.56 Å². The minimum atomic E-state index is -5.12. The summed E-state index contributed by atoms with van der Waals surface area (Å²) in [5.74, 6) is -5.38. The fraction of sp³-hybridized carbons (Fsp3) is 0.278. The quantitative estimate of drug-likeness (QED) is 0.429. The smallest absolute Gasteiger partial charge is 0.450 e. The SMILES string of the molecule is CC(=O)OC(C)(C)C(=O)Nc1sc(S(=O)(=O)c2ccc(OC(F)(F)F)cc2F)cc1C(N)=O. The summed E-state index contributed by atoms with van der Waals surface area (Å²) in [6.07, 6.45) is -5.12. The molecule has 1 aromatic carbocycles. The molecule has 0 saturated carbocycles. The third-order valence-corrected chi connectivity index (χ3v) is 7.15. The molecule has 1 aromatic heterocycles. The molecule has 2 rings (SSSR count). The van der Waals surface area contributed by atoms with Crippen molar-refractivity contribution in [2.24, 2.45) is 5.73 Å². The van der Waals surface area contributed by atoms with Gasteiger partial charge in [0.1, 0.15) is 25.7 Å². The highest BCUT2D eigenvalue weighted by Crippen LogP contribution is 2.37. The van der Waals surface area contributed by atoms with Gasteiger partial charge in [0.25, 0.3) is 11.8 Å². The van der Waals surface area contributed by atoms with Crippen LogP contribution in [0, 0.1) is 5.82 Å². The normalized spacial score (nSPS) is 12.2. The van der Waals surface area contributed by atoms with Crippen molar-refractivity contribution in [1.29, 1.82) is 0 Å². The van der Waals surface area contributed by atoms with E-state index in [1.165, 1.54) is 13.8 Å². The van der Waals surface area contributed by atoms with Crippen LogP contribution in [0.4, 0.5) is 22.6 Å². The fourth-order valence-corrected chi connectivity index (χ4v) is 5.24. The van der Waals surface area contributed by atoms with Crippen LogP contribution < -0.4 is 15.8 Å². The average Bonchev–Trinajstić information content (AvgIpc) is 3.04. The first kappa shape index (κ1) is 26.1. The highest BCUT2D eigenvalue weighted by atomic mass is 32.2. The van der Waals surface area contributed by atoms with E-state index in [-0.39, 0.29) is 11.1 Å². The van der Waals surface area contributed by atoms with Gasteiger partial charge in [-0.3, -0.25) is 14.4 Å². The van der Waals surface area contributed by atoms with Crippen LogP contribution in [0.3, 0.4) is 0 Å². The number of primary amides is 1. The molecule has 0 atom stereocenters. The third kappa shape index (κ3) is 6.19. The summed E-state index contributed by atoms with van der Waals surface area (Å²) in [4.78, 5) is 34.3. The van der Waals surface area contributed by atoms with Gasteiger partial charge in [-0.15, -0.1) is 24.5 Å². The zero-order valence-corrected chi connectivity index (χ0v) is 18.7. The van der Waals surface area contributed by atoms with Crippen LogP contribution in [-0.4, -0.2) is 38.2 Å². The molecule has 33 heavy (non-hydrogen) atoms. The van der Waals surface area contributed by atoms with Gasteiger partial charge in [0.2, 0.25) is 9.84 Å². The molecule has 3 N–H and O–H groups in total. The lowest BCUT2D eigenvalue weighted by Crippen LogP contribution is -2.41. The summed E-state index contributed by atoms with van der Waals surface area (Å²) >= 11 is 0.337. The maximum atomic E-state index is 14.3. The lowest BCUT2D eigenvalue weighted by molar-refractivity contribution is -0.274. The zero-order valence-electron chi connectivity index (χ0n) is 17.1. The summed E-state index contributed by atoms with van der Waals surface area (Å²) in [5.41, 5.74) is 3.08. The largest absolute Gasteiger partial charge is 0.573 e. The predicted molar refractivity (Wildman–Crippen MR) is 106 cm³/mol. The number of alkyl halides is 3. The van der Waals surface area contributed by atoms with Crippen LogP contribution in [0.5, 0.6) is 5.75 Å². The first-order chi connectivity index (χ1) is 14.9. The van der Waals surface area contributed by atoms with Gasteiger partial charge >= 0.3 is 12.3 Å². The number of benzene rings is 1. The number of esters is 1. The highest BCUT2D eigenvalue weighted by Gasteiger charge is 2.35. The number of rotatable bonds is 7. The molecule has 0 aliphatic heterocycles. The number of thiophene rings is 1. The van der Waals surface area contributed by atoms with E-state index in [1.54, 1.807) is 0 Å². The van der Waals surface area contributed by atoms with E-state index in [0.29, 0.717) is 23.5 Å². The number of ether oxygens (including phenoxy) is 2. The van der Waals surface area contributed by atoms with Crippen molar-refractivity contribution in [1.82, 2.24) is 0 Å². The van der Waals surface area contributed by atoms with Gasteiger partial charge < -0.3 is 20.5 Å². The number of nitrogens with one attached hydrogen (secondary N) is 1. The van der Waals surface area contributed by atoms with Crippen molar-refractivity contribution in [3.05, 3.63) is 35.6 Å². The maximum Gasteiger partial charge on any atom is 0.573 e. The first-order valence-corrected chi connectivity index (χ1v) is 11.0. The number of carbonyl (C=O) groups excluding carboxylic acids is 3. The van der Waals surface area contributed by atoms with Crippen molar-refractivity contribution in [3.8, 4) is 5.75 Å². The van der Waals surface area contributed by atoms with Crippen LogP contribution in [0.1, 0.15) is 31.1 Å². The molecular formula is C18H16F4N2O7S2. The van der Waals surface area contributed by atoms with Gasteiger partial charge in [-0.25, -0.2) is 12.8 Å². The molecule has 2 aromatic rings. The molecule has 9 nitrogen and oxygen atoms in total. The van der Waals surface area contributed by atoms with Crippen LogP contribution >= 0.6 is 11.3 Å². The van der Waals surface area contributed by atoms with Crippen LogP contribution in [-0.2, 0) is 24.2 Å².